The molecule has 3 N–H and O–H groups in total. The summed E-state index contributed by atoms with van der Waals surface area (Å²) in [6.07, 6.45) is 0. The minimum Gasteiger partial charge on any atom is -0.322 e. The van der Waals surface area contributed by atoms with Gasteiger partial charge in [-0.3, -0.25) is 4.79 Å². The minimum absolute atomic E-state index is 0.123. The summed E-state index contributed by atoms with van der Waals surface area (Å²) in [5.74, 6) is -0.514. The number of rotatable bonds is 5. The first kappa shape index (κ1) is 17.6. The van der Waals surface area contributed by atoms with E-state index in [1.54, 1.807) is 23.1 Å². The molecule has 4 nitrogen and oxygen atoms in total. The third kappa shape index (κ3) is 5.11. The van der Waals surface area contributed by atoms with Crippen molar-refractivity contribution in [2.45, 2.75) is 13.5 Å². The number of amides is 1. The van der Waals surface area contributed by atoms with Gasteiger partial charge >= 0.3 is 0 Å². The Labute approximate surface area is 148 Å². The van der Waals surface area contributed by atoms with Gasteiger partial charge in [0.05, 0.1) is 5.69 Å². The monoisotopic (exact) mass is 343 g/mol. The van der Waals surface area contributed by atoms with Gasteiger partial charge in [0.25, 0.3) is 5.91 Å². The summed E-state index contributed by atoms with van der Waals surface area (Å²) in [6, 6.07) is 15.0. The number of carbonyl (C=O) groups is 1. The van der Waals surface area contributed by atoms with Crippen molar-refractivity contribution in [3.05, 3.63) is 65.5 Å². The van der Waals surface area contributed by atoms with Gasteiger partial charge in [-0.1, -0.05) is 42.0 Å². The van der Waals surface area contributed by atoms with Crippen molar-refractivity contribution in [3.63, 3.8) is 0 Å². The van der Waals surface area contributed by atoms with E-state index in [1.807, 2.05) is 0 Å². The number of halogens is 1. The van der Waals surface area contributed by atoms with E-state index in [0.29, 0.717) is 6.54 Å². The molecule has 0 saturated carbocycles. The molecule has 1 amide bonds. The van der Waals surface area contributed by atoms with Crippen LogP contribution in [0.2, 0.25) is 0 Å². The molecule has 0 unspecified atom stereocenters. The van der Waals surface area contributed by atoms with Crippen LogP contribution in [0.5, 0.6) is 0 Å². The normalized spacial score (nSPS) is 20.2. The fourth-order valence-corrected chi connectivity index (χ4v) is 3.29. The van der Waals surface area contributed by atoms with E-state index in [0.717, 1.165) is 32.7 Å². The second-order valence-electron chi connectivity index (χ2n) is 6.87. The summed E-state index contributed by atoms with van der Waals surface area (Å²) >= 11 is 0. The number of para-hydroxylation sites is 1. The largest absolute Gasteiger partial charge is 0.322 e. The van der Waals surface area contributed by atoms with Crippen molar-refractivity contribution in [3.8, 4) is 0 Å². The molecule has 3 rings (SSSR count). The quantitative estimate of drug-likeness (QED) is 0.706. The molecule has 2 aromatic carbocycles. The highest BCUT2D eigenvalue weighted by molar-refractivity contribution is 5.91. The highest BCUT2D eigenvalue weighted by Crippen LogP contribution is 2.11. The molecule has 1 saturated heterocycles. The second-order valence-corrected chi connectivity index (χ2v) is 6.87. The molecule has 0 aromatic heterocycles. The van der Waals surface area contributed by atoms with Crippen molar-refractivity contribution in [1.82, 2.24) is 0 Å². The number of anilines is 1. The van der Waals surface area contributed by atoms with Crippen molar-refractivity contribution in [2.24, 2.45) is 0 Å². The van der Waals surface area contributed by atoms with Gasteiger partial charge in [-0.15, -0.1) is 0 Å². The number of quaternary nitrogens is 2. The van der Waals surface area contributed by atoms with Crippen LogP contribution in [-0.2, 0) is 11.3 Å². The first-order valence-electron chi connectivity index (χ1n) is 8.87. The van der Waals surface area contributed by atoms with Crippen molar-refractivity contribution in [2.75, 3.05) is 38.0 Å². The number of nitrogens with one attached hydrogen (secondary N) is 3. The molecule has 132 valence electrons. The Morgan fingerprint density at radius 2 is 1.64 bits per heavy atom. The molecule has 0 radical (unpaired) electrons. The Morgan fingerprint density at radius 1 is 1.00 bits per heavy atom. The van der Waals surface area contributed by atoms with Crippen LogP contribution in [0.3, 0.4) is 0 Å². The number of hydrogen-bond acceptors (Lipinski definition) is 1. The molecule has 0 aliphatic carbocycles. The van der Waals surface area contributed by atoms with Gasteiger partial charge < -0.3 is 15.1 Å². The molecular formula is C20H26FN3O+2. The molecular weight excluding hydrogens is 317 g/mol. The molecule has 1 heterocycles. The molecule has 5 heteroatoms. The zero-order chi connectivity index (χ0) is 17.6. The standard InChI is InChI=1S/C20H24FN3O/c1-16-6-8-17(9-7-16)14-23-10-12-24(13-11-23)15-20(25)22-19-5-3-2-4-18(19)21/h2-9H,10-15H2,1H3,(H,22,25)/p+2. The van der Waals surface area contributed by atoms with Gasteiger partial charge in [0.2, 0.25) is 0 Å². The van der Waals surface area contributed by atoms with Crippen LogP contribution in [0.15, 0.2) is 48.5 Å². The number of hydrogen-bond donors (Lipinski definition) is 3. The lowest BCUT2D eigenvalue weighted by Crippen LogP contribution is -3.28. The van der Waals surface area contributed by atoms with Crippen LogP contribution in [-0.4, -0.2) is 38.6 Å². The van der Waals surface area contributed by atoms with Gasteiger partial charge in [0.1, 0.15) is 38.5 Å². The maximum absolute atomic E-state index is 13.6. The summed E-state index contributed by atoms with van der Waals surface area (Å²) in [5.41, 5.74) is 2.91. The van der Waals surface area contributed by atoms with Crippen LogP contribution in [0.4, 0.5) is 10.1 Å². The Morgan fingerprint density at radius 3 is 2.32 bits per heavy atom. The molecule has 2 aromatic rings. The van der Waals surface area contributed by atoms with Gasteiger partial charge in [-0.05, 0) is 19.1 Å². The molecule has 0 bridgehead atoms. The molecule has 0 atom stereocenters. The Hall–Kier alpha value is -2.24. The van der Waals surface area contributed by atoms with Crippen LogP contribution in [0, 0.1) is 12.7 Å². The minimum atomic E-state index is -0.391. The zero-order valence-corrected chi connectivity index (χ0v) is 14.6. The van der Waals surface area contributed by atoms with Crippen molar-refractivity contribution >= 4 is 11.6 Å². The summed E-state index contributed by atoms with van der Waals surface area (Å²) in [6.45, 7) is 7.57. The topological polar surface area (TPSA) is 38.0 Å². The fraction of sp³-hybridized carbons (Fsp3) is 0.350. The lowest BCUT2D eigenvalue weighted by molar-refractivity contribution is -1.02. The van der Waals surface area contributed by atoms with E-state index in [2.05, 4.69) is 36.5 Å². The predicted molar refractivity (Wildman–Crippen MR) is 96.2 cm³/mol. The van der Waals surface area contributed by atoms with Crippen LogP contribution >= 0.6 is 0 Å². The predicted octanol–water partition coefficient (Wildman–Crippen LogP) is 0.0562. The molecule has 1 aliphatic heterocycles. The summed E-state index contributed by atoms with van der Waals surface area (Å²) in [5, 5.41) is 2.67. The number of piperazine rings is 1. The molecule has 25 heavy (non-hydrogen) atoms. The van der Waals surface area contributed by atoms with Crippen LogP contribution in [0.1, 0.15) is 11.1 Å². The first-order valence-corrected chi connectivity index (χ1v) is 8.87. The van der Waals surface area contributed by atoms with E-state index in [1.165, 1.54) is 22.1 Å². The van der Waals surface area contributed by atoms with Gasteiger partial charge in [0, 0.05) is 5.56 Å². The highest BCUT2D eigenvalue weighted by atomic mass is 19.1. The van der Waals surface area contributed by atoms with Crippen molar-refractivity contribution in [1.29, 1.82) is 0 Å². The van der Waals surface area contributed by atoms with Crippen LogP contribution < -0.4 is 15.1 Å². The smallest absolute Gasteiger partial charge is 0.279 e. The maximum Gasteiger partial charge on any atom is 0.279 e. The van der Waals surface area contributed by atoms with Crippen molar-refractivity contribution < 1.29 is 19.0 Å². The zero-order valence-electron chi connectivity index (χ0n) is 14.6. The SMILES string of the molecule is Cc1ccc(C[NH+]2CC[NH+](CC(=O)Nc3ccccc3F)CC2)cc1. The van der Waals surface area contributed by atoms with E-state index in [4.69, 9.17) is 0 Å². The Balaban J connectivity index is 1.43. The van der Waals surface area contributed by atoms with Gasteiger partial charge in [0.15, 0.2) is 6.54 Å². The van der Waals surface area contributed by atoms with E-state index >= 15 is 0 Å². The third-order valence-corrected chi connectivity index (χ3v) is 4.80. The van der Waals surface area contributed by atoms with E-state index in [9.17, 15) is 9.18 Å². The summed E-state index contributed by atoms with van der Waals surface area (Å²) < 4.78 is 13.6. The summed E-state index contributed by atoms with van der Waals surface area (Å²) in [7, 11) is 0. The molecule has 1 aliphatic rings. The average molecular weight is 343 g/mol. The van der Waals surface area contributed by atoms with E-state index < -0.39 is 5.82 Å². The average Bonchev–Trinajstić information content (AvgIpc) is 2.61. The third-order valence-electron chi connectivity index (χ3n) is 4.80. The second kappa shape index (κ2) is 8.23. The van der Waals surface area contributed by atoms with E-state index in [-0.39, 0.29) is 11.6 Å². The van der Waals surface area contributed by atoms with Gasteiger partial charge in [-0.2, -0.15) is 0 Å². The number of carbonyl (C=O) groups excluding carboxylic acids is 1. The van der Waals surface area contributed by atoms with Gasteiger partial charge in [-0.25, -0.2) is 4.39 Å². The number of benzene rings is 2. The lowest BCUT2D eigenvalue weighted by Gasteiger charge is -2.29. The number of aryl methyl sites for hydroxylation is 1. The maximum atomic E-state index is 13.6. The lowest BCUT2D eigenvalue weighted by atomic mass is 10.1. The first-order chi connectivity index (χ1) is 12.1. The Kier molecular flexibility index (Phi) is 5.79. The molecule has 0 spiro atoms. The Bertz CT molecular complexity index is 709. The highest BCUT2D eigenvalue weighted by Gasteiger charge is 2.25. The molecule has 1 fully saturated rings. The van der Waals surface area contributed by atoms with Crippen LogP contribution in [0.25, 0.3) is 0 Å². The fourth-order valence-electron chi connectivity index (χ4n) is 3.29. The summed E-state index contributed by atoms with van der Waals surface area (Å²) in [4.78, 5) is 15.0.